The lowest BCUT2D eigenvalue weighted by Gasteiger charge is -2.26. The zero-order valence-electron chi connectivity index (χ0n) is 47.1. The van der Waals surface area contributed by atoms with Gasteiger partial charge in [-0.1, -0.05) is 283 Å². The minimum Gasteiger partial charge on any atom is -0.391 e. The Bertz CT molecular complexity index is 1130. The Morgan fingerprint density at radius 3 is 1.12 bits per heavy atom. The number of amides is 1. The van der Waals surface area contributed by atoms with Crippen LogP contribution in [0, 0.1) is 0 Å². The number of phosphoric ester groups is 1. The Balaban J connectivity index is 4.02. The molecule has 0 aromatic rings. The lowest BCUT2D eigenvalue weighted by atomic mass is 10.0. The fraction of sp³-hybridized carbons (Fsp3) is 0.950. The van der Waals surface area contributed by atoms with Gasteiger partial charge in [-0.2, -0.15) is 0 Å². The van der Waals surface area contributed by atoms with Crippen molar-refractivity contribution in [3.63, 3.8) is 0 Å². The normalized spacial score (nSPS) is 13.9. The molecule has 0 aliphatic rings. The molecule has 0 spiro atoms. The van der Waals surface area contributed by atoms with Gasteiger partial charge in [-0.15, -0.1) is 0 Å². The monoisotopic (exact) mass is 998 g/mol. The van der Waals surface area contributed by atoms with E-state index in [1.807, 2.05) is 21.1 Å². The number of unbranched alkanes of at least 4 members (excludes halogenated alkanes) is 42. The molecule has 1 amide bonds. The smallest absolute Gasteiger partial charge is 0.391 e. The van der Waals surface area contributed by atoms with Crippen LogP contribution in [-0.4, -0.2) is 73.4 Å². The third-order valence-electron chi connectivity index (χ3n) is 14.3. The van der Waals surface area contributed by atoms with Crippen LogP contribution in [0.2, 0.25) is 0 Å². The van der Waals surface area contributed by atoms with Crippen LogP contribution in [0.15, 0.2) is 12.2 Å². The lowest BCUT2D eigenvalue weighted by Crippen LogP contribution is -2.46. The van der Waals surface area contributed by atoms with Crippen LogP contribution < -0.4 is 5.32 Å². The molecule has 3 N–H and O–H groups in total. The molecule has 412 valence electrons. The van der Waals surface area contributed by atoms with Crippen LogP contribution in [-0.2, 0) is 18.4 Å². The topological polar surface area (TPSA) is 105 Å². The van der Waals surface area contributed by atoms with Gasteiger partial charge in [0.15, 0.2) is 0 Å². The standard InChI is InChI=1S/C60H121N2O6P/c1-6-8-10-12-14-16-18-20-22-24-25-26-27-28-29-30-31-32-33-34-35-36-37-38-39-41-43-45-47-49-51-53-59(63)58(57-68-69(65,66)67-56-55-62(3,4)5)61-60(64)54-52-50-48-46-44-42-40-23-21-19-17-15-13-11-9-7-2/h23,40,58-59,63H,6-22,24-39,41-57H2,1-5H3,(H-,61,64,65,66)/p+1/b40-23-. The van der Waals surface area contributed by atoms with Crippen LogP contribution in [0.25, 0.3) is 0 Å². The third-order valence-corrected chi connectivity index (χ3v) is 15.2. The highest BCUT2D eigenvalue weighted by Gasteiger charge is 2.28. The van der Waals surface area contributed by atoms with Gasteiger partial charge < -0.3 is 19.8 Å². The molecule has 0 aromatic carbocycles. The highest BCUT2D eigenvalue weighted by atomic mass is 31.2. The van der Waals surface area contributed by atoms with Gasteiger partial charge in [0.2, 0.25) is 5.91 Å². The second-order valence-electron chi connectivity index (χ2n) is 22.4. The van der Waals surface area contributed by atoms with Crippen molar-refractivity contribution in [1.82, 2.24) is 5.32 Å². The van der Waals surface area contributed by atoms with E-state index in [4.69, 9.17) is 9.05 Å². The molecule has 9 heteroatoms. The molecule has 0 aromatic heterocycles. The number of aliphatic hydroxyl groups excluding tert-OH is 1. The maximum atomic E-state index is 13.0. The van der Waals surface area contributed by atoms with Gasteiger partial charge in [-0.25, -0.2) is 4.57 Å². The average Bonchev–Trinajstić information content (AvgIpc) is 3.31. The number of likely N-dealkylation sites (N-methyl/N-ethyl adjacent to an activating group) is 1. The fourth-order valence-corrected chi connectivity index (χ4v) is 10.2. The van der Waals surface area contributed by atoms with Crippen molar-refractivity contribution in [2.24, 2.45) is 0 Å². The first kappa shape index (κ1) is 68.2. The second kappa shape index (κ2) is 52.1. The summed E-state index contributed by atoms with van der Waals surface area (Å²) >= 11 is 0. The van der Waals surface area contributed by atoms with Gasteiger partial charge in [0.05, 0.1) is 39.9 Å². The van der Waals surface area contributed by atoms with Crippen molar-refractivity contribution in [3.8, 4) is 0 Å². The number of hydrogen-bond acceptors (Lipinski definition) is 5. The van der Waals surface area contributed by atoms with Gasteiger partial charge in [0.25, 0.3) is 0 Å². The van der Waals surface area contributed by atoms with Crippen LogP contribution in [0.1, 0.15) is 316 Å². The minimum absolute atomic E-state index is 0.0755. The number of quaternary nitrogens is 1. The molecule has 0 radical (unpaired) electrons. The Labute approximate surface area is 431 Å². The summed E-state index contributed by atoms with van der Waals surface area (Å²) in [5.74, 6) is -0.148. The molecule has 3 unspecified atom stereocenters. The molecule has 0 bridgehead atoms. The minimum atomic E-state index is -4.32. The van der Waals surface area contributed by atoms with E-state index < -0.39 is 20.0 Å². The van der Waals surface area contributed by atoms with Gasteiger partial charge in [-0.05, 0) is 38.5 Å². The van der Waals surface area contributed by atoms with E-state index >= 15 is 0 Å². The van der Waals surface area contributed by atoms with Crippen LogP contribution in [0.5, 0.6) is 0 Å². The first-order chi connectivity index (χ1) is 33.5. The Hall–Kier alpha value is -0.760. The molecular weight excluding hydrogens is 876 g/mol. The van der Waals surface area contributed by atoms with E-state index in [0.29, 0.717) is 23.9 Å². The summed E-state index contributed by atoms with van der Waals surface area (Å²) in [5, 5.41) is 14.1. The second-order valence-corrected chi connectivity index (χ2v) is 23.9. The number of nitrogens with zero attached hydrogens (tertiary/aromatic N) is 1. The maximum absolute atomic E-state index is 13.0. The summed E-state index contributed by atoms with van der Waals surface area (Å²) in [5.41, 5.74) is 0. The van der Waals surface area contributed by atoms with E-state index in [9.17, 15) is 19.4 Å². The molecule has 0 aliphatic carbocycles. The highest BCUT2D eigenvalue weighted by molar-refractivity contribution is 7.47. The van der Waals surface area contributed by atoms with Gasteiger partial charge in [-0.3, -0.25) is 13.8 Å². The van der Waals surface area contributed by atoms with E-state index in [1.54, 1.807) is 0 Å². The zero-order chi connectivity index (χ0) is 50.6. The Kier molecular flexibility index (Phi) is 51.5. The molecule has 8 nitrogen and oxygen atoms in total. The Morgan fingerprint density at radius 2 is 0.783 bits per heavy atom. The first-order valence-corrected chi connectivity index (χ1v) is 32.0. The maximum Gasteiger partial charge on any atom is 0.472 e. The highest BCUT2D eigenvalue weighted by Crippen LogP contribution is 2.43. The number of hydrogen-bond donors (Lipinski definition) is 3. The number of nitrogens with one attached hydrogen (secondary N) is 1. The summed E-state index contributed by atoms with van der Waals surface area (Å²) < 4.78 is 23.8. The van der Waals surface area contributed by atoms with Crippen molar-refractivity contribution >= 4 is 13.7 Å². The SMILES string of the molecule is CCCCCCCCC/C=C\CCCCCCCC(=O)NC(COP(=O)(O)OCC[N+](C)(C)C)C(O)CCCCCCCCCCCCCCCCCCCCCCCCCCCCCCCCC. The molecule has 0 aliphatic heterocycles. The van der Waals surface area contributed by atoms with E-state index in [-0.39, 0.29) is 19.1 Å². The summed E-state index contributed by atoms with van der Waals surface area (Å²) in [4.78, 5) is 23.3. The summed E-state index contributed by atoms with van der Waals surface area (Å²) in [6, 6.07) is -0.763. The number of aliphatic hydroxyl groups is 1. The predicted molar refractivity (Wildman–Crippen MR) is 300 cm³/mol. The number of rotatable bonds is 57. The first-order valence-electron chi connectivity index (χ1n) is 30.6. The van der Waals surface area contributed by atoms with Crippen molar-refractivity contribution < 1.29 is 32.9 Å². The molecule has 0 rings (SSSR count). The van der Waals surface area contributed by atoms with Crippen molar-refractivity contribution in [2.75, 3.05) is 40.9 Å². The summed E-state index contributed by atoms with van der Waals surface area (Å²) in [6.45, 7) is 4.92. The number of carbonyl (C=O) groups excluding carboxylic acids is 1. The molecular formula is C60H122N2O6P+. The largest absolute Gasteiger partial charge is 0.472 e. The van der Waals surface area contributed by atoms with Crippen LogP contribution in [0.4, 0.5) is 0 Å². The van der Waals surface area contributed by atoms with E-state index in [2.05, 4.69) is 31.3 Å². The summed E-state index contributed by atoms with van der Waals surface area (Å²) in [6.07, 6.45) is 64.3. The molecule has 0 saturated heterocycles. The lowest BCUT2D eigenvalue weighted by molar-refractivity contribution is -0.870. The van der Waals surface area contributed by atoms with Crippen molar-refractivity contribution in [2.45, 2.75) is 328 Å². The molecule has 3 atom stereocenters. The van der Waals surface area contributed by atoms with Gasteiger partial charge in [0, 0.05) is 6.42 Å². The third kappa shape index (κ3) is 54.8. The quantitative estimate of drug-likeness (QED) is 0.0243. The molecule has 69 heavy (non-hydrogen) atoms. The van der Waals surface area contributed by atoms with E-state index in [1.165, 1.54) is 238 Å². The van der Waals surface area contributed by atoms with Gasteiger partial charge in [0.1, 0.15) is 13.2 Å². The fourth-order valence-electron chi connectivity index (χ4n) is 9.46. The number of carbonyl (C=O) groups is 1. The summed E-state index contributed by atoms with van der Waals surface area (Å²) in [7, 11) is 1.62. The molecule has 0 fully saturated rings. The number of allylic oxidation sites excluding steroid dienone is 2. The molecule has 0 saturated carbocycles. The zero-order valence-corrected chi connectivity index (χ0v) is 48.0. The van der Waals surface area contributed by atoms with Crippen molar-refractivity contribution in [3.05, 3.63) is 12.2 Å². The van der Waals surface area contributed by atoms with Crippen molar-refractivity contribution in [1.29, 1.82) is 0 Å². The van der Waals surface area contributed by atoms with Crippen LogP contribution >= 0.6 is 7.82 Å². The van der Waals surface area contributed by atoms with E-state index in [0.717, 1.165) is 51.4 Å². The average molecular weight is 999 g/mol. The Morgan fingerprint density at radius 1 is 0.478 bits per heavy atom. The predicted octanol–water partition coefficient (Wildman–Crippen LogP) is 18.6. The van der Waals surface area contributed by atoms with Gasteiger partial charge >= 0.3 is 7.82 Å². The molecule has 0 heterocycles. The van der Waals surface area contributed by atoms with Crippen LogP contribution in [0.3, 0.4) is 0 Å². The number of phosphoric acid groups is 1.